The quantitative estimate of drug-likeness (QED) is 0.479. The Balaban J connectivity index is 2.83. The lowest BCUT2D eigenvalue weighted by Crippen LogP contribution is -2.50. The molecule has 1 amide bonds. The second kappa shape index (κ2) is 5.56. The molecule has 0 rings (SSSR count). The van der Waals surface area contributed by atoms with Gasteiger partial charge in [-0.3, -0.25) is 4.79 Å². The van der Waals surface area contributed by atoms with Gasteiger partial charge in [-0.2, -0.15) is 0 Å². The van der Waals surface area contributed by atoms with Crippen LogP contribution in [0.4, 0.5) is 0 Å². The van der Waals surface area contributed by atoms with Crippen molar-refractivity contribution in [2.75, 3.05) is 13.1 Å². The molecule has 54 valence electrons. The smallest absolute Gasteiger partial charge is 0.216 e. The van der Waals surface area contributed by atoms with E-state index < -0.39 is 0 Å². The Labute approximate surface area is 55.6 Å². The van der Waals surface area contributed by atoms with Crippen LogP contribution >= 0.6 is 0 Å². The molecule has 3 nitrogen and oxygen atoms in total. The molecule has 4 N–H and O–H groups in total. The largest absolute Gasteiger partial charge is 0.358 e. The van der Waals surface area contributed by atoms with E-state index in [-0.39, 0.29) is 5.91 Å². The molecule has 0 aromatic rings. The molecule has 0 aliphatic carbocycles. The third-order valence-corrected chi connectivity index (χ3v) is 1.05. The maximum Gasteiger partial charge on any atom is 0.216 e. The molecule has 0 spiro atoms. The maximum absolute atomic E-state index is 10.3. The monoisotopic (exact) mass is 131 g/mol. The van der Waals surface area contributed by atoms with E-state index in [1.54, 1.807) is 0 Å². The number of nitrogens with one attached hydrogen (secondary N) is 1. The molecule has 3 heteroatoms. The number of quaternary nitrogens is 1. The Morgan fingerprint density at radius 3 is 2.67 bits per heavy atom. The van der Waals surface area contributed by atoms with Crippen molar-refractivity contribution in [3.8, 4) is 0 Å². The Kier molecular flexibility index (Phi) is 5.21. The summed E-state index contributed by atoms with van der Waals surface area (Å²) in [6.07, 6.45) is 2.14. The van der Waals surface area contributed by atoms with Gasteiger partial charge in [0.1, 0.15) is 0 Å². The lowest BCUT2D eigenvalue weighted by atomic mass is 10.3. The highest BCUT2D eigenvalue weighted by Crippen LogP contribution is 1.80. The molecular formula is C6H15N2O+. The standard InChI is InChI=1S/C6H14N2O/c1-6(9)8-5-3-2-4-7/h2-5,7H2,1H3,(H,8,9)/p+1. The normalized spacial score (nSPS) is 9.11. The van der Waals surface area contributed by atoms with E-state index in [9.17, 15) is 4.79 Å². The summed E-state index contributed by atoms with van der Waals surface area (Å²) in [5, 5.41) is 2.71. The van der Waals surface area contributed by atoms with Crippen LogP contribution in [0.15, 0.2) is 0 Å². The highest BCUT2D eigenvalue weighted by Gasteiger charge is 1.88. The van der Waals surface area contributed by atoms with Crippen molar-refractivity contribution in [3.63, 3.8) is 0 Å². The highest BCUT2D eigenvalue weighted by molar-refractivity contribution is 5.72. The van der Waals surface area contributed by atoms with Crippen molar-refractivity contribution in [2.24, 2.45) is 0 Å². The van der Waals surface area contributed by atoms with E-state index in [0.29, 0.717) is 0 Å². The molecule has 9 heavy (non-hydrogen) atoms. The first-order valence-corrected chi connectivity index (χ1v) is 3.31. The third kappa shape index (κ3) is 7.43. The van der Waals surface area contributed by atoms with Crippen molar-refractivity contribution in [1.29, 1.82) is 0 Å². The predicted octanol–water partition coefficient (Wildman–Crippen LogP) is -0.855. The summed E-state index contributed by atoms with van der Waals surface area (Å²) in [6.45, 7) is 3.29. The van der Waals surface area contributed by atoms with E-state index >= 15 is 0 Å². The zero-order chi connectivity index (χ0) is 7.11. The summed E-state index contributed by atoms with van der Waals surface area (Å²) in [5.74, 6) is 0.0547. The van der Waals surface area contributed by atoms with Gasteiger partial charge in [0.15, 0.2) is 0 Å². The molecule has 0 aromatic carbocycles. The van der Waals surface area contributed by atoms with Crippen LogP contribution in [0.25, 0.3) is 0 Å². The van der Waals surface area contributed by atoms with Gasteiger partial charge in [0.25, 0.3) is 0 Å². The van der Waals surface area contributed by atoms with Crippen LogP contribution in [-0.2, 0) is 4.79 Å². The van der Waals surface area contributed by atoms with Crippen molar-refractivity contribution in [2.45, 2.75) is 19.8 Å². The first-order valence-electron chi connectivity index (χ1n) is 3.31. The molecule has 0 unspecified atom stereocenters. The van der Waals surface area contributed by atoms with Crippen molar-refractivity contribution in [1.82, 2.24) is 5.32 Å². The summed E-state index contributed by atoms with van der Waals surface area (Å²) < 4.78 is 0. The second-order valence-electron chi connectivity index (χ2n) is 2.04. The van der Waals surface area contributed by atoms with Crippen LogP contribution < -0.4 is 11.1 Å². The van der Waals surface area contributed by atoms with Gasteiger partial charge in [-0.25, -0.2) is 0 Å². The van der Waals surface area contributed by atoms with Gasteiger partial charge in [0, 0.05) is 13.5 Å². The molecule has 0 aliphatic rings. The summed E-state index contributed by atoms with van der Waals surface area (Å²) in [6, 6.07) is 0. The van der Waals surface area contributed by atoms with Crippen molar-refractivity contribution >= 4 is 5.91 Å². The zero-order valence-corrected chi connectivity index (χ0v) is 5.94. The van der Waals surface area contributed by atoms with Crippen LogP contribution in [0.5, 0.6) is 0 Å². The number of hydrogen-bond acceptors (Lipinski definition) is 1. The Bertz CT molecular complexity index is 83.1. The summed E-state index contributed by atoms with van der Waals surface area (Å²) in [4.78, 5) is 10.3. The van der Waals surface area contributed by atoms with E-state index in [1.807, 2.05) is 0 Å². The number of rotatable bonds is 4. The molecule has 0 fully saturated rings. The SMILES string of the molecule is CC(=O)NCCCC[NH3+]. The van der Waals surface area contributed by atoms with E-state index in [2.05, 4.69) is 11.1 Å². The first kappa shape index (κ1) is 8.43. The predicted molar refractivity (Wildman–Crippen MR) is 35.7 cm³/mol. The summed E-state index contributed by atoms with van der Waals surface area (Å²) >= 11 is 0. The lowest BCUT2D eigenvalue weighted by molar-refractivity contribution is -0.368. The molecule has 0 heterocycles. The minimum atomic E-state index is 0.0547. The van der Waals surface area contributed by atoms with E-state index in [1.165, 1.54) is 6.92 Å². The number of hydrogen-bond donors (Lipinski definition) is 2. The molecule has 0 aliphatic heterocycles. The van der Waals surface area contributed by atoms with Crippen LogP contribution in [-0.4, -0.2) is 19.0 Å². The average Bonchev–Trinajstić information content (AvgIpc) is 1.80. The van der Waals surface area contributed by atoms with Crippen molar-refractivity contribution in [3.05, 3.63) is 0 Å². The number of carbonyl (C=O) groups excluding carboxylic acids is 1. The second-order valence-corrected chi connectivity index (χ2v) is 2.04. The molecule has 0 radical (unpaired) electrons. The lowest BCUT2D eigenvalue weighted by Gasteiger charge is -1.97. The van der Waals surface area contributed by atoms with Gasteiger partial charge in [-0.15, -0.1) is 0 Å². The molecular weight excluding hydrogens is 116 g/mol. The summed E-state index contributed by atoms with van der Waals surface area (Å²) in [5.41, 5.74) is 3.69. The van der Waals surface area contributed by atoms with Gasteiger partial charge in [-0.1, -0.05) is 0 Å². The fraction of sp³-hybridized carbons (Fsp3) is 0.833. The third-order valence-electron chi connectivity index (χ3n) is 1.05. The topological polar surface area (TPSA) is 56.7 Å². The van der Waals surface area contributed by atoms with Crippen LogP contribution in [0.3, 0.4) is 0 Å². The van der Waals surface area contributed by atoms with Crippen LogP contribution in [0, 0.1) is 0 Å². The van der Waals surface area contributed by atoms with Crippen LogP contribution in [0.2, 0.25) is 0 Å². The Morgan fingerprint density at radius 1 is 1.56 bits per heavy atom. The van der Waals surface area contributed by atoms with Crippen molar-refractivity contribution < 1.29 is 10.5 Å². The molecule has 0 aromatic heterocycles. The van der Waals surface area contributed by atoms with Gasteiger partial charge in [0.05, 0.1) is 6.54 Å². The fourth-order valence-corrected chi connectivity index (χ4v) is 0.566. The number of carbonyl (C=O) groups is 1. The fourth-order valence-electron chi connectivity index (χ4n) is 0.566. The van der Waals surface area contributed by atoms with Gasteiger partial charge in [-0.05, 0) is 12.8 Å². The molecule has 0 bridgehead atoms. The average molecular weight is 131 g/mol. The number of unbranched alkanes of at least 4 members (excludes halogenated alkanes) is 1. The molecule has 0 saturated heterocycles. The minimum absolute atomic E-state index is 0.0547. The number of amides is 1. The maximum atomic E-state index is 10.3. The van der Waals surface area contributed by atoms with E-state index in [0.717, 1.165) is 25.9 Å². The highest BCUT2D eigenvalue weighted by atomic mass is 16.1. The Morgan fingerprint density at radius 2 is 2.22 bits per heavy atom. The zero-order valence-electron chi connectivity index (χ0n) is 5.94. The van der Waals surface area contributed by atoms with Gasteiger partial charge < -0.3 is 11.1 Å². The molecule has 0 saturated carbocycles. The Hall–Kier alpha value is -0.570. The van der Waals surface area contributed by atoms with E-state index in [4.69, 9.17) is 0 Å². The van der Waals surface area contributed by atoms with Crippen LogP contribution in [0.1, 0.15) is 19.8 Å². The molecule has 0 atom stereocenters. The summed E-state index contributed by atoms with van der Waals surface area (Å²) in [7, 11) is 0. The first-order chi connectivity index (χ1) is 4.27. The minimum Gasteiger partial charge on any atom is -0.358 e. The van der Waals surface area contributed by atoms with Gasteiger partial charge in [0.2, 0.25) is 5.91 Å². The van der Waals surface area contributed by atoms with Gasteiger partial charge >= 0.3 is 0 Å².